The number of aryl methyl sites for hydroxylation is 1. The number of nitrogens with zero attached hydrogens (tertiary/aromatic N) is 2. The van der Waals surface area contributed by atoms with Crippen LogP contribution in [0.4, 0.5) is 17.1 Å². The first-order valence-electron chi connectivity index (χ1n) is 12.5. The number of halogens is 1. The standard InChI is InChI=1S/C29H31ClN4O2S/c1-19-4-3-5-24(14-19)34-13-12-33(16-20(34)2)29(36)22-8-11-25-26(15-22)32-28(35)27(31-25)18-37-17-21-6-9-23(30)10-7-21/h3-11,14-15,20,27,31H,12-13,16-18H2,1-2H3,(H,32,35). The predicted octanol–water partition coefficient (Wildman–Crippen LogP) is 5.67. The van der Waals surface area contributed by atoms with Gasteiger partial charge in [0.1, 0.15) is 6.04 Å². The first kappa shape index (κ1) is 25.5. The van der Waals surface area contributed by atoms with Crippen LogP contribution in [0.1, 0.15) is 28.4 Å². The van der Waals surface area contributed by atoms with Crippen LogP contribution in [-0.4, -0.2) is 54.2 Å². The van der Waals surface area contributed by atoms with Crippen molar-refractivity contribution in [2.75, 3.05) is 40.9 Å². The van der Waals surface area contributed by atoms with Crippen LogP contribution < -0.4 is 15.5 Å². The van der Waals surface area contributed by atoms with Crippen molar-refractivity contribution in [3.63, 3.8) is 0 Å². The SMILES string of the molecule is Cc1cccc(N2CCN(C(=O)c3ccc4c(c3)NC(=O)C(CSCc3ccc(Cl)cc3)N4)CC2C)c1. The molecule has 0 saturated carbocycles. The van der Waals surface area contributed by atoms with Crippen molar-refractivity contribution >= 4 is 52.2 Å². The zero-order chi connectivity index (χ0) is 25.9. The third-order valence-corrected chi connectivity index (χ3v) is 8.24. The van der Waals surface area contributed by atoms with Crippen LogP contribution >= 0.6 is 23.4 Å². The van der Waals surface area contributed by atoms with Gasteiger partial charge in [-0.25, -0.2) is 0 Å². The Balaban J connectivity index is 1.19. The summed E-state index contributed by atoms with van der Waals surface area (Å²) in [5.74, 6) is 1.35. The minimum absolute atomic E-state index is 0.00608. The van der Waals surface area contributed by atoms with Crippen LogP contribution in [0.2, 0.25) is 5.02 Å². The second kappa shape index (κ2) is 11.1. The first-order valence-corrected chi connectivity index (χ1v) is 14.1. The normalized spacial score (nSPS) is 19.2. The summed E-state index contributed by atoms with van der Waals surface area (Å²) >= 11 is 7.65. The second-order valence-corrected chi connectivity index (χ2v) is 11.2. The summed E-state index contributed by atoms with van der Waals surface area (Å²) in [5, 5.41) is 7.05. The van der Waals surface area contributed by atoms with Gasteiger partial charge < -0.3 is 20.4 Å². The summed E-state index contributed by atoms with van der Waals surface area (Å²) in [6, 6.07) is 21.7. The number of hydrogen-bond acceptors (Lipinski definition) is 5. The minimum atomic E-state index is -0.332. The Kier molecular flexibility index (Phi) is 7.63. The van der Waals surface area contributed by atoms with Crippen LogP contribution in [0.3, 0.4) is 0 Å². The van der Waals surface area contributed by atoms with Gasteiger partial charge in [-0.15, -0.1) is 0 Å². The molecule has 0 spiro atoms. The van der Waals surface area contributed by atoms with E-state index in [0.717, 1.165) is 23.0 Å². The Morgan fingerprint density at radius 1 is 1.05 bits per heavy atom. The molecule has 0 aromatic heterocycles. The molecule has 2 unspecified atom stereocenters. The monoisotopic (exact) mass is 534 g/mol. The van der Waals surface area contributed by atoms with Crippen molar-refractivity contribution in [3.8, 4) is 0 Å². The molecule has 3 aromatic carbocycles. The number of rotatable bonds is 6. The quantitative estimate of drug-likeness (QED) is 0.427. The Bertz CT molecular complexity index is 1300. The van der Waals surface area contributed by atoms with E-state index in [2.05, 4.69) is 53.6 Å². The summed E-state index contributed by atoms with van der Waals surface area (Å²) < 4.78 is 0. The zero-order valence-corrected chi connectivity index (χ0v) is 22.6. The highest BCUT2D eigenvalue weighted by Crippen LogP contribution is 2.30. The summed E-state index contributed by atoms with van der Waals surface area (Å²) in [6.07, 6.45) is 0. The maximum Gasteiger partial charge on any atom is 0.254 e. The molecule has 8 heteroatoms. The summed E-state index contributed by atoms with van der Waals surface area (Å²) in [5.41, 5.74) is 5.68. The van der Waals surface area contributed by atoms with Crippen LogP contribution in [0.25, 0.3) is 0 Å². The summed E-state index contributed by atoms with van der Waals surface area (Å²) in [6.45, 7) is 6.35. The molecule has 2 amide bonds. The number of amides is 2. The van der Waals surface area contributed by atoms with Crippen molar-refractivity contribution in [3.05, 3.63) is 88.4 Å². The van der Waals surface area contributed by atoms with Crippen LogP contribution in [-0.2, 0) is 10.5 Å². The van der Waals surface area contributed by atoms with Gasteiger partial charge in [-0.05, 0) is 67.4 Å². The molecule has 0 radical (unpaired) electrons. The van der Waals surface area contributed by atoms with Crippen molar-refractivity contribution in [2.24, 2.45) is 0 Å². The van der Waals surface area contributed by atoms with Crippen molar-refractivity contribution in [2.45, 2.75) is 31.7 Å². The summed E-state index contributed by atoms with van der Waals surface area (Å²) in [4.78, 5) is 30.4. The van der Waals surface area contributed by atoms with Gasteiger partial charge >= 0.3 is 0 Å². The smallest absolute Gasteiger partial charge is 0.254 e. The largest absolute Gasteiger partial charge is 0.371 e. The van der Waals surface area contributed by atoms with Crippen molar-refractivity contribution in [1.29, 1.82) is 0 Å². The molecule has 2 atom stereocenters. The van der Waals surface area contributed by atoms with Gasteiger partial charge in [0.25, 0.3) is 5.91 Å². The molecule has 37 heavy (non-hydrogen) atoms. The third kappa shape index (κ3) is 5.89. The second-order valence-electron chi connectivity index (χ2n) is 9.72. The highest BCUT2D eigenvalue weighted by Gasteiger charge is 2.30. The lowest BCUT2D eigenvalue weighted by Gasteiger charge is -2.41. The molecular weight excluding hydrogens is 504 g/mol. The highest BCUT2D eigenvalue weighted by molar-refractivity contribution is 7.98. The molecule has 2 aliphatic heterocycles. The molecule has 2 N–H and O–H groups in total. The van der Waals surface area contributed by atoms with Gasteiger partial charge in [-0.2, -0.15) is 11.8 Å². The Morgan fingerprint density at radius 3 is 2.62 bits per heavy atom. The number of nitrogens with one attached hydrogen (secondary N) is 2. The van der Waals surface area contributed by atoms with E-state index in [1.54, 1.807) is 17.8 Å². The number of carbonyl (C=O) groups is 2. The van der Waals surface area contributed by atoms with E-state index < -0.39 is 0 Å². The number of fused-ring (bicyclic) bond motifs is 1. The predicted molar refractivity (Wildman–Crippen MR) is 154 cm³/mol. The minimum Gasteiger partial charge on any atom is -0.371 e. The molecule has 192 valence electrons. The first-order chi connectivity index (χ1) is 17.9. The Hall–Kier alpha value is -3.16. The Labute approximate surface area is 227 Å². The molecule has 3 aromatic rings. The van der Waals surface area contributed by atoms with Crippen LogP contribution in [0.15, 0.2) is 66.7 Å². The number of benzene rings is 3. The molecule has 1 saturated heterocycles. The van der Waals surface area contributed by atoms with Gasteiger partial charge in [0, 0.05) is 53.5 Å². The van der Waals surface area contributed by atoms with E-state index in [1.165, 1.54) is 16.8 Å². The van der Waals surface area contributed by atoms with E-state index in [4.69, 9.17) is 11.6 Å². The fraction of sp³-hybridized carbons (Fsp3) is 0.310. The van der Waals surface area contributed by atoms with Crippen molar-refractivity contribution in [1.82, 2.24) is 4.90 Å². The van der Waals surface area contributed by atoms with E-state index in [-0.39, 0.29) is 23.9 Å². The molecular formula is C29H31ClN4O2S. The fourth-order valence-corrected chi connectivity index (χ4v) is 6.03. The van der Waals surface area contributed by atoms with Gasteiger partial charge in [0.2, 0.25) is 5.91 Å². The van der Waals surface area contributed by atoms with Gasteiger partial charge in [-0.3, -0.25) is 9.59 Å². The number of anilines is 3. The van der Waals surface area contributed by atoms with E-state index in [9.17, 15) is 9.59 Å². The number of hydrogen-bond donors (Lipinski definition) is 2. The topological polar surface area (TPSA) is 64.7 Å². The molecule has 6 nitrogen and oxygen atoms in total. The molecule has 2 heterocycles. The highest BCUT2D eigenvalue weighted by atomic mass is 35.5. The van der Waals surface area contributed by atoms with E-state index in [1.807, 2.05) is 41.3 Å². The van der Waals surface area contributed by atoms with Crippen LogP contribution in [0, 0.1) is 6.92 Å². The van der Waals surface area contributed by atoms with Gasteiger partial charge in [-0.1, -0.05) is 35.9 Å². The van der Waals surface area contributed by atoms with E-state index >= 15 is 0 Å². The molecule has 1 fully saturated rings. The maximum absolute atomic E-state index is 13.3. The number of piperazine rings is 1. The number of carbonyl (C=O) groups excluding carboxylic acids is 2. The van der Waals surface area contributed by atoms with Gasteiger partial charge in [0.05, 0.1) is 11.4 Å². The molecule has 2 aliphatic rings. The summed E-state index contributed by atoms with van der Waals surface area (Å²) in [7, 11) is 0. The fourth-order valence-electron chi connectivity index (χ4n) is 4.89. The number of thioether (sulfide) groups is 1. The van der Waals surface area contributed by atoms with Gasteiger partial charge in [0.15, 0.2) is 0 Å². The van der Waals surface area contributed by atoms with E-state index in [0.29, 0.717) is 30.1 Å². The average Bonchev–Trinajstić information content (AvgIpc) is 2.89. The average molecular weight is 535 g/mol. The van der Waals surface area contributed by atoms with Crippen molar-refractivity contribution < 1.29 is 9.59 Å². The molecule has 5 rings (SSSR count). The molecule has 0 aliphatic carbocycles. The third-order valence-electron chi connectivity index (χ3n) is 6.89. The molecule has 0 bridgehead atoms. The zero-order valence-electron chi connectivity index (χ0n) is 21.0. The Morgan fingerprint density at radius 2 is 1.86 bits per heavy atom. The van der Waals surface area contributed by atoms with Crippen LogP contribution in [0.5, 0.6) is 0 Å². The lowest BCUT2D eigenvalue weighted by molar-refractivity contribution is -0.116. The lowest BCUT2D eigenvalue weighted by Crippen LogP contribution is -2.53. The maximum atomic E-state index is 13.3. The lowest BCUT2D eigenvalue weighted by atomic mass is 10.1.